The molecule has 0 bridgehead atoms. The summed E-state index contributed by atoms with van der Waals surface area (Å²) in [5, 5.41) is 0. The molecule has 1 spiro atoms. The average Bonchev–Trinajstić information content (AvgIpc) is 3.01. The van der Waals surface area contributed by atoms with Gasteiger partial charge in [0.1, 0.15) is 0 Å². The van der Waals surface area contributed by atoms with Crippen LogP contribution >= 0.6 is 0 Å². The lowest BCUT2D eigenvalue weighted by Gasteiger charge is -2.32. The molecule has 3 atom stereocenters. The first-order valence-electron chi connectivity index (χ1n) is 7.89. The normalized spacial score (nSPS) is 32.4. The number of aromatic nitrogens is 1. The van der Waals surface area contributed by atoms with Crippen LogP contribution in [0.25, 0.3) is 0 Å². The number of carbonyl (C=O) groups is 1. The van der Waals surface area contributed by atoms with Gasteiger partial charge in [-0.3, -0.25) is 9.78 Å². The van der Waals surface area contributed by atoms with Crippen LogP contribution in [0.5, 0.6) is 0 Å². The third-order valence-electron chi connectivity index (χ3n) is 5.51. The van der Waals surface area contributed by atoms with Gasteiger partial charge in [-0.1, -0.05) is 13.5 Å². The second-order valence-electron chi connectivity index (χ2n) is 6.93. The molecule has 1 aromatic heterocycles. The maximum atomic E-state index is 12.9. The van der Waals surface area contributed by atoms with Gasteiger partial charge < -0.3 is 9.64 Å². The van der Waals surface area contributed by atoms with E-state index in [-0.39, 0.29) is 24.4 Å². The highest BCUT2D eigenvalue weighted by Crippen LogP contribution is 2.48. The van der Waals surface area contributed by atoms with E-state index in [0.717, 1.165) is 17.8 Å². The zero-order valence-corrected chi connectivity index (χ0v) is 13.2. The Morgan fingerprint density at radius 1 is 1.46 bits per heavy atom. The second kappa shape index (κ2) is 4.81. The van der Waals surface area contributed by atoms with E-state index in [1.165, 1.54) is 0 Å². The first-order valence-corrected chi connectivity index (χ1v) is 7.89. The maximum Gasteiger partial charge on any atom is 0.417 e. The maximum absolute atomic E-state index is 12.9. The molecule has 24 heavy (non-hydrogen) atoms. The average molecular weight is 338 g/mol. The molecule has 3 aliphatic rings. The van der Waals surface area contributed by atoms with Crippen molar-refractivity contribution < 1.29 is 22.7 Å². The van der Waals surface area contributed by atoms with Gasteiger partial charge in [-0.25, -0.2) is 0 Å². The molecule has 0 radical (unpaired) electrons. The molecule has 3 unspecified atom stereocenters. The van der Waals surface area contributed by atoms with Crippen LogP contribution in [-0.4, -0.2) is 34.0 Å². The largest absolute Gasteiger partial charge is 0.417 e. The van der Waals surface area contributed by atoms with Crippen molar-refractivity contribution >= 4 is 5.91 Å². The quantitative estimate of drug-likeness (QED) is 0.683. The fourth-order valence-electron chi connectivity index (χ4n) is 4.18. The van der Waals surface area contributed by atoms with Crippen molar-refractivity contribution in [3.05, 3.63) is 41.2 Å². The molecule has 0 N–H and O–H groups in total. The predicted molar refractivity (Wildman–Crippen MR) is 78.9 cm³/mol. The Balaban J connectivity index is 1.70. The number of amides is 1. The number of ether oxygens (including phenoxy) is 1. The highest BCUT2D eigenvalue weighted by molar-refractivity contribution is 5.90. The number of hydrogen-bond acceptors (Lipinski definition) is 3. The first kappa shape index (κ1) is 15.6. The molecule has 0 aliphatic carbocycles. The minimum absolute atomic E-state index is 0.0542. The van der Waals surface area contributed by atoms with Crippen molar-refractivity contribution in [1.82, 2.24) is 9.88 Å². The van der Waals surface area contributed by atoms with Gasteiger partial charge >= 0.3 is 6.18 Å². The Morgan fingerprint density at radius 2 is 2.21 bits per heavy atom. The van der Waals surface area contributed by atoms with E-state index in [1.807, 2.05) is 6.92 Å². The number of hydrogen-bond donors (Lipinski definition) is 0. The molecule has 3 aliphatic heterocycles. The summed E-state index contributed by atoms with van der Waals surface area (Å²) in [7, 11) is 0. The van der Waals surface area contributed by atoms with E-state index >= 15 is 0 Å². The van der Waals surface area contributed by atoms with Crippen LogP contribution in [-0.2, 0) is 28.7 Å². The Hall–Kier alpha value is -1.89. The number of halogens is 3. The van der Waals surface area contributed by atoms with Crippen molar-refractivity contribution in [2.45, 2.75) is 44.1 Å². The van der Waals surface area contributed by atoms with Gasteiger partial charge in [0.05, 0.1) is 12.2 Å². The topological polar surface area (TPSA) is 42.4 Å². The number of pyridine rings is 1. The smallest absolute Gasteiger partial charge is 0.360 e. The Labute approximate surface area is 137 Å². The summed E-state index contributed by atoms with van der Waals surface area (Å²) in [4.78, 5) is 18.6. The second-order valence-corrected chi connectivity index (χ2v) is 6.93. The van der Waals surface area contributed by atoms with Crippen molar-refractivity contribution in [3.63, 3.8) is 0 Å². The van der Waals surface area contributed by atoms with Crippen molar-refractivity contribution in [2.75, 3.05) is 6.61 Å². The summed E-state index contributed by atoms with van der Waals surface area (Å²) in [5.41, 5.74) is 0.300. The van der Waals surface area contributed by atoms with E-state index in [9.17, 15) is 18.0 Å². The number of alkyl halides is 3. The summed E-state index contributed by atoms with van der Waals surface area (Å²) in [6.45, 7) is 6.38. The third kappa shape index (κ3) is 2.03. The van der Waals surface area contributed by atoms with Gasteiger partial charge in [0.25, 0.3) is 5.91 Å². The molecule has 4 heterocycles. The highest BCUT2D eigenvalue weighted by atomic mass is 19.4. The summed E-state index contributed by atoms with van der Waals surface area (Å²) in [5.74, 6) is -0.191. The standard InChI is InChI=1S/C17H17F3N2O2/c1-9-5-16(24-8-9)10(2)14-4-13-11(7-22(14)15(16)23)3-12(6-21-13)17(18,19)20/h3,6,10,14H,1,4-5,7-8H2,2H3. The van der Waals surface area contributed by atoms with E-state index in [4.69, 9.17) is 4.74 Å². The zero-order valence-electron chi connectivity index (χ0n) is 13.2. The molecule has 2 fully saturated rings. The van der Waals surface area contributed by atoms with E-state index in [0.29, 0.717) is 30.7 Å². The lowest BCUT2D eigenvalue weighted by Crippen LogP contribution is -2.42. The van der Waals surface area contributed by atoms with Gasteiger partial charge in [0, 0.05) is 43.2 Å². The molecule has 4 rings (SSSR count). The molecule has 128 valence electrons. The summed E-state index contributed by atoms with van der Waals surface area (Å²) < 4.78 is 44.5. The summed E-state index contributed by atoms with van der Waals surface area (Å²) in [6, 6.07) is 1.01. The van der Waals surface area contributed by atoms with Gasteiger partial charge in [-0.15, -0.1) is 0 Å². The molecule has 0 saturated carbocycles. The van der Waals surface area contributed by atoms with E-state index in [2.05, 4.69) is 11.6 Å². The molecule has 7 heteroatoms. The highest BCUT2D eigenvalue weighted by Gasteiger charge is 2.61. The minimum atomic E-state index is -4.44. The van der Waals surface area contributed by atoms with Crippen molar-refractivity contribution in [1.29, 1.82) is 0 Å². The lowest BCUT2D eigenvalue weighted by molar-refractivity contribution is -0.147. The predicted octanol–water partition coefficient (Wildman–Crippen LogP) is 2.72. The monoisotopic (exact) mass is 338 g/mol. The first-order chi connectivity index (χ1) is 11.2. The summed E-state index contributed by atoms with van der Waals surface area (Å²) >= 11 is 0. The number of rotatable bonds is 0. The summed E-state index contributed by atoms with van der Waals surface area (Å²) in [6.07, 6.45) is -2.62. The van der Waals surface area contributed by atoms with Crippen LogP contribution in [0.15, 0.2) is 24.4 Å². The SMILES string of the molecule is C=C1COC2(C1)C(=O)N1Cc3cc(C(F)(F)F)cnc3CC1C2C. The fourth-order valence-corrected chi connectivity index (χ4v) is 4.18. The fraction of sp³-hybridized carbons (Fsp3) is 0.529. The van der Waals surface area contributed by atoms with Crippen LogP contribution in [0.2, 0.25) is 0 Å². The molecule has 0 aromatic carbocycles. The molecular weight excluding hydrogens is 321 g/mol. The number of fused-ring (bicyclic) bond motifs is 2. The Kier molecular flexibility index (Phi) is 3.13. The van der Waals surface area contributed by atoms with Crippen molar-refractivity contribution in [3.8, 4) is 0 Å². The van der Waals surface area contributed by atoms with Gasteiger partial charge in [0.15, 0.2) is 5.60 Å². The molecule has 4 nitrogen and oxygen atoms in total. The van der Waals surface area contributed by atoms with Crippen LogP contribution < -0.4 is 0 Å². The van der Waals surface area contributed by atoms with Crippen molar-refractivity contribution in [2.24, 2.45) is 5.92 Å². The van der Waals surface area contributed by atoms with Gasteiger partial charge in [-0.2, -0.15) is 13.2 Å². The third-order valence-corrected chi connectivity index (χ3v) is 5.51. The van der Waals surface area contributed by atoms with E-state index in [1.54, 1.807) is 4.90 Å². The zero-order chi connectivity index (χ0) is 17.3. The molecular formula is C17H17F3N2O2. The Bertz CT molecular complexity index is 746. The van der Waals surface area contributed by atoms with Crippen LogP contribution in [0, 0.1) is 5.92 Å². The lowest BCUT2D eigenvalue weighted by atomic mass is 9.82. The minimum Gasteiger partial charge on any atom is -0.360 e. The van der Waals surface area contributed by atoms with E-state index < -0.39 is 17.3 Å². The Morgan fingerprint density at radius 3 is 2.83 bits per heavy atom. The van der Waals surface area contributed by atoms with Gasteiger partial charge in [0.2, 0.25) is 0 Å². The number of nitrogens with zero attached hydrogens (tertiary/aromatic N) is 2. The van der Waals surface area contributed by atoms with Gasteiger partial charge in [-0.05, 0) is 17.2 Å². The molecule has 1 aromatic rings. The number of carbonyl (C=O) groups excluding carboxylic acids is 1. The molecule has 1 amide bonds. The molecule has 2 saturated heterocycles. The van der Waals surface area contributed by atoms with Crippen LogP contribution in [0.4, 0.5) is 13.2 Å². The van der Waals surface area contributed by atoms with Crippen LogP contribution in [0.1, 0.15) is 30.2 Å². The van der Waals surface area contributed by atoms with Crippen LogP contribution in [0.3, 0.4) is 0 Å².